The summed E-state index contributed by atoms with van der Waals surface area (Å²) in [6.07, 6.45) is 2.50. The van der Waals surface area contributed by atoms with Crippen LogP contribution < -0.4 is 0 Å². The van der Waals surface area contributed by atoms with E-state index in [0.29, 0.717) is 6.42 Å². The summed E-state index contributed by atoms with van der Waals surface area (Å²) >= 11 is 0. The second kappa shape index (κ2) is 4.33. The average Bonchev–Trinajstić information content (AvgIpc) is 2.20. The first-order valence-electron chi connectivity index (χ1n) is 5.52. The van der Waals surface area contributed by atoms with Gasteiger partial charge in [-0.05, 0) is 32.6 Å². The van der Waals surface area contributed by atoms with Crippen LogP contribution in [0.15, 0.2) is 0 Å². The van der Waals surface area contributed by atoms with Crippen molar-refractivity contribution >= 4 is 11.8 Å². The van der Waals surface area contributed by atoms with Crippen LogP contribution >= 0.6 is 0 Å². The topological polar surface area (TPSA) is 43.4 Å². The van der Waals surface area contributed by atoms with Crippen molar-refractivity contribution in [2.45, 2.75) is 40.0 Å². The van der Waals surface area contributed by atoms with Gasteiger partial charge in [-0.1, -0.05) is 6.92 Å². The zero-order valence-corrected chi connectivity index (χ0v) is 10.0. The van der Waals surface area contributed by atoms with Gasteiger partial charge in [0.1, 0.15) is 5.78 Å². The van der Waals surface area contributed by atoms with Crippen LogP contribution in [-0.2, 0) is 14.3 Å². The maximum Gasteiger partial charge on any atom is 0.311 e. The van der Waals surface area contributed by atoms with Crippen molar-refractivity contribution < 1.29 is 14.3 Å². The molecule has 3 heteroatoms. The lowest BCUT2D eigenvalue weighted by Gasteiger charge is -2.38. The lowest BCUT2D eigenvalue weighted by molar-refractivity contribution is -0.157. The Hall–Kier alpha value is -0.860. The molecule has 0 aromatic carbocycles. The van der Waals surface area contributed by atoms with E-state index >= 15 is 0 Å². The third kappa shape index (κ3) is 2.21. The van der Waals surface area contributed by atoms with Crippen LogP contribution in [0.3, 0.4) is 0 Å². The summed E-state index contributed by atoms with van der Waals surface area (Å²) < 4.78 is 4.80. The molecule has 1 aliphatic carbocycles. The number of carbonyl (C=O) groups excluding carboxylic acids is 2. The van der Waals surface area contributed by atoms with Crippen molar-refractivity contribution in [3.63, 3.8) is 0 Å². The molecule has 0 N–H and O–H groups in total. The van der Waals surface area contributed by atoms with E-state index in [4.69, 9.17) is 4.74 Å². The highest BCUT2D eigenvalue weighted by Crippen LogP contribution is 2.41. The number of hydrogen-bond donors (Lipinski definition) is 0. The van der Waals surface area contributed by atoms with E-state index < -0.39 is 5.41 Å². The molecule has 2 unspecified atom stereocenters. The minimum atomic E-state index is -0.551. The first-order valence-corrected chi connectivity index (χ1v) is 5.52. The zero-order chi connectivity index (χ0) is 11.6. The number of methoxy groups -OCH3 is 1. The number of ether oxygens (including phenoxy) is 1. The molecule has 0 aliphatic heterocycles. The summed E-state index contributed by atoms with van der Waals surface area (Å²) in [6.45, 7) is 5.67. The van der Waals surface area contributed by atoms with Crippen LogP contribution in [0.5, 0.6) is 0 Å². The largest absolute Gasteiger partial charge is 0.469 e. The molecule has 86 valence electrons. The maximum atomic E-state index is 11.7. The van der Waals surface area contributed by atoms with Gasteiger partial charge in [-0.3, -0.25) is 9.59 Å². The normalized spacial score (nSPS) is 27.6. The summed E-state index contributed by atoms with van der Waals surface area (Å²) in [6, 6.07) is 0. The number of carbonyl (C=O) groups is 2. The first kappa shape index (κ1) is 12.2. The lowest BCUT2D eigenvalue weighted by Crippen LogP contribution is -2.41. The molecule has 0 amide bonds. The van der Waals surface area contributed by atoms with Gasteiger partial charge in [0.15, 0.2) is 0 Å². The third-order valence-corrected chi connectivity index (χ3v) is 3.69. The molecule has 0 radical (unpaired) electrons. The number of rotatable bonds is 2. The SMILES string of the molecule is COC(=O)C(C)(C)C1CCCC(=O)C1C. The van der Waals surface area contributed by atoms with E-state index in [9.17, 15) is 9.59 Å². The standard InChI is InChI=1S/C12H20O3/c1-8-9(6-5-7-10(8)13)12(2,3)11(14)15-4/h8-9H,5-7H2,1-4H3. The highest BCUT2D eigenvalue weighted by Gasteiger charge is 2.44. The number of Topliss-reactive ketones (excluding diaryl/α,β-unsaturated/α-hetero) is 1. The Labute approximate surface area is 91.2 Å². The van der Waals surface area contributed by atoms with Gasteiger partial charge in [0.2, 0.25) is 0 Å². The van der Waals surface area contributed by atoms with Crippen LogP contribution in [0.1, 0.15) is 40.0 Å². The van der Waals surface area contributed by atoms with Gasteiger partial charge in [-0.25, -0.2) is 0 Å². The third-order valence-electron chi connectivity index (χ3n) is 3.69. The molecular weight excluding hydrogens is 192 g/mol. The van der Waals surface area contributed by atoms with Crippen molar-refractivity contribution in [1.82, 2.24) is 0 Å². The van der Waals surface area contributed by atoms with Crippen molar-refractivity contribution in [2.24, 2.45) is 17.3 Å². The Bertz CT molecular complexity index is 268. The van der Waals surface area contributed by atoms with Gasteiger partial charge in [-0.2, -0.15) is 0 Å². The van der Waals surface area contributed by atoms with Crippen LogP contribution in [-0.4, -0.2) is 18.9 Å². The van der Waals surface area contributed by atoms with Crippen molar-refractivity contribution in [3.05, 3.63) is 0 Å². The van der Waals surface area contributed by atoms with Gasteiger partial charge in [-0.15, -0.1) is 0 Å². The smallest absolute Gasteiger partial charge is 0.311 e. The summed E-state index contributed by atoms with van der Waals surface area (Å²) in [7, 11) is 1.40. The van der Waals surface area contributed by atoms with E-state index in [-0.39, 0.29) is 23.6 Å². The highest BCUT2D eigenvalue weighted by molar-refractivity contribution is 5.84. The van der Waals surface area contributed by atoms with Crippen LogP contribution in [0.2, 0.25) is 0 Å². The molecule has 0 heterocycles. The second-order valence-corrected chi connectivity index (χ2v) is 4.97. The van der Waals surface area contributed by atoms with Crippen molar-refractivity contribution in [3.8, 4) is 0 Å². The summed E-state index contributed by atoms with van der Waals surface area (Å²) in [5.41, 5.74) is -0.551. The molecule has 1 fully saturated rings. The molecule has 1 aliphatic rings. The van der Waals surface area contributed by atoms with E-state index in [2.05, 4.69) is 0 Å². The summed E-state index contributed by atoms with van der Waals surface area (Å²) in [4.78, 5) is 23.3. The van der Waals surface area contributed by atoms with Crippen molar-refractivity contribution in [1.29, 1.82) is 0 Å². The number of esters is 1. The van der Waals surface area contributed by atoms with Crippen LogP contribution in [0.4, 0.5) is 0 Å². The monoisotopic (exact) mass is 212 g/mol. The molecule has 0 aromatic heterocycles. The van der Waals surface area contributed by atoms with Gasteiger partial charge in [0, 0.05) is 12.3 Å². The van der Waals surface area contributed by atoms with Gasteiger partial charge < -0.3 is 4.74 Å². The Balaban J connectivity index is 2.85. The molecule has 1 rings (SSSR count). The van der Waals surface area contributed by atoms with Gasteiger partial charge in [0.25, 0.3) is 0 Å². The molecule has 0 spiro atoms. The molecule has 1 saturated carbocycles. The van der Waals surface area contributed by atoms with Gasteiger partial charge in [0.05, 0.1) is 12.5 Å². The Morgan fingerprint density at radius 3 is 2.60 bits per heavy atom. The Kier molecular flexibility index (Phi) is 3.53. The molecule has 15 heavy (non-hydrogen) atoms. The van der Waals surface area contributed by atoms with E-state index in [1.54, 1.807) is 0 Å². The molecule has 2 atom stereocenters. The number of hydrogen-bond acceptors (Lipinski definition) is 3. The van der Waals surface area contributed by atoms with E-state index in [0.717, 1.165) is 12.8 Å². The fourth-order valence-electron chi connectivity index (χ4n) is 2.60. The highest BCUT2D eigenvalue weighted by atomic mass is 16.5. The predicted molar refractivity (Wildman–Crippen MR) is 57.3 cm³/mol. The second-order valence-electron chi connectivity index (χ2n) is 4.97. The minimum absolute atomic E-state index is 0.0205. The van der Waals surface area contributed by atoms with Crippen LogP contribution in [0, 0.1) is 17.3 Å². The summed E-state index contributed by atoms with van der Waals surface area (Å²) in [5, 5.41) is 0. The Morgan fingerprint density at radius 2 is 2.07 bits per heavy atom. The lowest BCUT2D eigenvalue weighted by atomic mass is 9.65. The van der Waals surface area contributed by atoms with E-state index in [1.165, 1.54) is 7.11 Å². The fraction of sp³-hybridized carbons (Fsp3) is 0.833. The Morgan fingerprint density at radius 1 is 1.47 bits per heavy atom. The molecule has 0 saturated heterocycles. The maximum absolute atomic E-state index is 11.7. The molecule has 3 nitrogen and oxygen atoms in total. The van der Waals surface area contributed by atoms with Crippen LogP contribution in [0.25, 0.3) is 0 Å². The molecular formula is C12H20O3. The predicted octanol–water partition coefficient (Wildman–Crippen LogP) is 2.19. The number of ketones is 1. The quantitative estimate of drug-likeness (QED) is 0.659. The molecule has 0 aromatic rings. The van der Waals surface area contributed by atoms with Gasteiger partial charge >= 0.3 is 5.97 Å². The van der Waals surface area contributed by atoms with E-state index in [1.807, 2.05) is 20.8 Å². The average molecular weight is 212 g/mol. The summed E-state index contributed by atoms with van der Waals surface area (Å²) in [5.74, 6) is 0.163. The molecule has 0 bridgehead atoms. The first-order chi connectivity index (χ1) is 6.91. The minimum Gasteiger partial charge on any atom is -0.469 e. The zero-order valence-electron chi connectivity index (χ0n) is 10.0. The fourth-order valence-corrected chi connectivity index (χ4v) is 2.60. The van der Waals surface area contributed by atoms with Crippen molar-refractivity contribution in [2.75, 3.05) is 7.11 Å².